The Morgan fingerprint density at radius 2 is 1.04 bits per heavy atom. The van der Waals surface area contributed by atoms with E-state index < -0.39 is 133 Å². The number of aliphatic hydroxyl groups is 1. The number of phenols is 1. The number of rotatable bonds is 38. The second-order valence-corrected chi connectivity index (χ2v) is 19.8. The van der Waals surface area contributed by atoms with Gasteiger partial charge in [0.15, 0.2) is 5.96 Å². The Morgan fingerprint density at radius 3 is 1.49 bits per heavy atom. The molecule has 0 radical (unpaired) electrons. The van der Waals surface area contributed by atoms with Crippen LogP contribution in [0.15, 0.2) is 29.3 Å². The lowest BCUT2D eigenvalue weighted by Crippen LogP contribution is -2.62. The smallest absolute Gasteiger partial charge is 0.326 e. The number of phenolic OH excluding ortho intramolecular Hbond substituents is 1. The third kappa shape index (κ3) is 25.9. The minimum Gasteiger partial charge on any atom is -0.508 e. The Kier molecular flexibility index (Phi) is 32.5. The number of nitrogens with zero attached hydrogens (tertiary/aromatic N) is 1. The number of aromatic hydroxyl groups is 1. The first-order valence-electron chi connectivity index (χ1n) is 24.7. The van der Waals surface area contributed by atoms with E-state index in [1.807, 2.05) is 0 Å². The molecule has 1 aromatic carbocycles. The van der Waals surface area contributed by atoms with Crippen LogP contribution in [0.1, 0.15) is 84.1 Å². The summed E-state index contributed by atoms with van der Waals surface area (Å²) in [6.07, 6.45) is 2.00. The third-order valence-electron chi connectivity index (χ3n) is 11.7. The number of thioether (sulfide) groups is 2. The quantitative estimate of drug-likeness (QED) is 0.0173. The highest BCUT2D eigenvalue weighted by Gasteiger charge is 2.37. The summed E-state index contributed by atoms with van der Waals surface area (Å²) in [5, 5.41) is 59.5. The molecular weight excluding hydrogens is 1030 g/mol. The van der Waals surface area contributed by atoms with E-state index >= 15 is 0 Å². The molecule has 428 valence electrons. The topological polar surface area (TPSA) is 464 Å². The predicted octanol–water partition coefficient (Wildman–Crippen LogP) is -3.55. The average molecular weight is 1110 g/mol. The van der Waals surface area contributed by atoms with Gasteiger partial charge in [-0.1, -0.05) is 32.4 Å². The number of unbranched alkanes of at least 4 members (excludes halogenated alkanes) is 1. The number of hydrogen-bond donors (Lipinski definition) is 16. The Balaban J connectivity index is 3.48. The highest BCUT2D eigenvalue weighted by Crippen LogP contribution is 2.15. The molecule has 0 saturated carbocycles. The van der Waals surface area contributed by atoms with E-state index in [2.05, 4.69) is 47.5 Å². The summed E-state index contributed by atoms with van der Waals surface area (Å²) in [4.78, 5) is 137. The molecule has 10 atom stereocenters. The standard InChI is InChI=1S/C47H79N13O14S2/c1-6-25(2)37(44(71)56-30(11-9-19-52-47(50)51)39(66)58-34(46(73)74)23-36(64)65)59-41(68)29(10-7-8-18-48)54-40(67)31(16-20-75-4)57-45(72)38(26(3)61)60-42(69)32(17-21-76-5)55-43(70)33(53-35(63)24-49)22-27-12-14-28(62)15-13-27/h12-15,25-26,29-34,37-38,61-62H,6-11,16-24,48-49H2,1-5H3,(H,53,63)(H,54,67)(H,55,70)(H,56,71)(H,57,72)(H,58,66)(H,59,68)(H,60,69)(H,64,65)(H,73,74)(H4,50,51,52). The van der Waals surface area contributed by atoms with Crippen LogP contribution in [0, 0.1) is 5.92 Å². The van der Waals surface area contributed by atoms with Crippen LogP contribution in [-0.4, -0.2) is 184 Å². The molecule has 20 N–H and O–H groups in total. The van der Waals surface area contributed by atoms with Crippen molar-refractivity contribution in [3.8, 4) is 5.75 Å². The molecule has 8 amide bonds. The number of nitrogens with two attached hydrogens (primary N) is 4. The maximum Gasteiger partial charge on any atom is 0.326 e. The van der Waals surface area contributed by atoms with Gasteiger partial charge in [0, 0.05) is 13.0 Å². The second kappa shape index (κ2) is 36.5. The molecule has 0 aromatic heterocycles. The van der Waals surface area contributed by atoms with Gasteiger partial charge < -0.3 is 85.9 Å². The second-order valence-electron chi connectivity index (χ2n) is 17.8. The number of hydrogen-bond acceptors (Lipinski definition) is 17. The molecule has 0 spiro atoms. The van der Waals surface area contributed by atoms with E-state index in [0.29, 0.717) is 36.3 Å². The van der Waals surface area contributed by atoms with Crippen LogP contribution in [0.2, 0.25) is 0 Å². The molecule has 0 bridgehead atoms. The van der Waals surface area contributed by atoms with Gasteiger partial charge in [0.1, 0.15) is 54.1 Å². The highest BCUT2D eigenvalue weighted by atomic mass is 32.2. The van der Waals surface area contributed by atoms with Crippen molar-refractivity contribution in [1.82, 2.24) is 42.5 Å². The number of aliphatic hydroxyl groups excluding tert-OH is 1. The normalized spacial score (nSPS) is 14.9. The van der Waals surface area contributed by atoms with E-state index in [4.69, 9.17) is 22.9 Å². The summed E-state index contributed by atoms with van der Waals surface area (Å²) in [6, 6.07) is -5.65. The first-order valence-corrected chi connectivity index (χ1v) is 27.5. The molecule has 0 aliphatic carbocycles. The Labute approximate surface area is 450 Å². The first kappa shape index (κ1) is 67.6. The summed E-state index contributed by atoms with van der Waals surface area (Å²) in [5.41, 5.74) is 22.6. The van der Waals surface area contributed by atoms with Gasteiger partial charge in [-0.05, 0) is 106 Å². The molecular formula is C47H79N13O14S2. The first-order chi connectivity index (χ1) is 35.9. The fraction of sp³-hybridized carbons (Fsp3) is 0.638. The maximum absolute atomic E-state index is 14.2. The average Bonchev–Trinajstić information content (AvgIpc) is 3.36. The fourth-order valence-corrected chi connectivity index (χ4v) is 8.15. The Morgan fingerprint density at radius 1 is 0.592 bits per heavy atom. The number of guanidine groups is 1. The van der Waals surface area contributed by atoms with Crippen LogP contribution < -0.4 is 65.5 Å². The van der Waals surface area contributed by atoms with Gasteiger partial charge in [-0.15, -0.1) is 0 Å². The maximum atomic E-state index is 14.2. The molecule has 27 nitrogen and oxygen atoms in total. The van der Waals surface area contributed by atoms with Gasteiger partial charge in [-0.3, -0.25) is 48.1 Å². The number of amides is 8. The Hall–Kier alpha value is -6.43. The lowest BCUT2D eigenvalue weighted by atomic mass is 9.96. The van der Waals surface area contributed by atoms with Gasteiger partial charge in [-0.25, -0.2) is 4.79 Å². The van der Waals surface area contributed by atoms with Crippen LogP contribution in [0.4, 0.5) is 0 Å². The summed E-state index contributed by atoms with van der Waals surface area (Å²) < 4.78 is 0. The van der Waals surface area contributed by atoms with Gasteiger partial charge in [0.2, 0.25) is 47.3 Å². The van der Waals surface area contributed by atoms with Crippen molar-refractivity contribution >= 4 is 88.7 Å². The molecule has 0 aliphatic heterocycles. The van der Waals surface area contributed by atoms with E-state index in [-0.39, 0.29) is 63.3 Å². The van der Waals surface area contributed by atoms with Crippen molar-refractivity contribution in [2.45, 2.75) is 139 Å². The van der Waals surface area contributed by atoms with E-state index in [1.54, 1.807) is 38.5 Å². The zero-order chi connectivity index (χ0) is 57.5. The summed E-state index contributed by atoms with van der Waals surface area (Å²) in [7, 11) is 0. The van der Waals surface area contributed by atoms with Crippen LogP contribution in [0.3, 0.4) is 0 Å². The lowest BCUT2D eigenvalue weighted by Gasteiger charge is -2.30. The van der Waals surface area contributed by atoms with Crippen LogP contribution >= 0.6 is 23.5 Å². The van der Waals surface area contributed by atoms with Crippen molar-refractivity contribution in [2.24, 2.45) is 33.8 Å². The highest BCUT2D eigenvalue weighted by molar-refractivity contribution is 7.98. The third-order valence-corrected chi connectivity index (χ3v) is 13.0. The van der Waals surface area contributed by atoms with Gasteiger partial charge >= 0.3 is 11.9 Å². The minimum absolute atomic E-state index is 0.000558. The zero-order valence-electron chi connectivity index (χ0n) is 43.6. The van der Waals surface area contributed by atoms with E-state index in [1.165, 1.54) is 42.6 Å². The number of aliphatic carboxylic acids is 2. The minimum atomic E-state index is -1.85. The molecule has 0 saturated heterocycles. The number of aliphatic imine (C=N–C) groups is 1. The van der Waals surface area contributed by atoms with E-state index in [0.717, 1.165) is 0 Å². The lowest BCUT2D eigenvalue weighted by molar-refractivity contribution is -0.147. The molecule has 1 rings (SSSR count). The molecule has 1 aromatic rings. The van der Waals surface area contributed by atoms with Gasteiger partial charge in [0.25, 0.3) is 0 Å². The molecule has 10 unspecified atom stereocenters. The van der Waals surface area contributed by atoms with Crippen molar-refractivity contribution in [3.63, 3.8) is 0 Å². The summed E-state index contributed by atoms with van der Waals surface area (Å²) in [6.45, 7) is 4.38. The predicted molar refractivity (Wildman–Crippen MR) is 286 cm³/mol. The number of nitrogens with one attached hydrogen (secondary N) is 8. The molecule has 76 heavy (non-hydrogen) atoms. The van der Waals surface area contributed by atoms with Crippen molar-refractivity contribution < 1.29 is 68.4 Å². The summed E-state index contributed by atoms with van der Waals surface area (Å²) in [5.74, 6) is -10.2. The molecule has 0 aliphatic rings. The fourth-order valence-electron chi connectivity index (χ4n) is 7.20. The van der Waals surface area contributed by atoms with E-state index in [9.17, 15) is 68.4 Å². The number of benzene rings is 1. The number of carboxylic acid groups (broad SMARTS) is 2. The molecule has 29 heteroatoms. The van der Waals surface area contributed by atoms with Crippen LogP contribution in [-0.2, 0) is 54.4 Å². The van der Waals surface area contributed by atoms with Crippen molar-refractivity contribution in [3.05, 3.63) is 29.8 Å². The molecule has 0 fully saturated rings. The van der Waals surface area contributed by atoms with Gasteiger partial charge in [0.05, 0.1) is 19.1 Å². The SMILES string of the molecule is CCC(C)C(NC(=O)C(CCCCN)NC(=O)C(CCSC)NC(=O)C(NC(=O)C(CCSC)NC(=O)C(Cc1ccc(O)cc1)NC(=O)CN)C(C)O)C(=O)NC(CCCN=C(N)N)C(=O)NC(CC(=O)O)C(=O)O. The largest absolute Gasteiger partial charge is 0.508 e. The molecule has 0 heterocycles. The van der Waals surface area contributed by atoms with Gasteiger partial charge in [-0.2, -0.15) is 23.5 Å². The number of carbonyl (C=O) groups is 10. The number of carboxylic acids is 2. The van der Waals surface area contributed by atoms with Crippen molar-refractivity contribution in [2.75, 3.05) is 43.7 Å². The Bertz CT molecular complexity index is 2100. The van der Waals surface area contributed by atoms with Crippen LogP contribution in [0.5, 0.6) is 5.75 Å². The number of carbonyl (C=O) groups excluding carboxylic acids is 8. The summed E-state index contributed by atoms with van der Waals surface area (Å²) >= 11 is 2.69. The monoisotopic (exact) mass is 1110 g/mol. The zero-order valence-corrected chi connectivity index (χ0v) is 45.3. The van der Waals surface area contributed by atoms with Crippen molar-refractivity contribution in [1.29, 1.82) is 0 Å². The van der Waals surface area contributed by atoms with Crippen LogP contribution in [0.25, 0.3) is 0 Å².